The van der Waals surface area contributed by atoms with Gasteiger partial charge < -0.3 is 25.3 Å². The van der Waals surface area contributed by atoms with Crippen LogP contribution in [0.4, 0.5) is 11.6 Å². The summed E-state index contributed by atoms with van der Waals surface area (Å²) in [5.74, 6) is 1.38. The molecule has 1 fully saturated rings. The normalized spacial score (nSPS) is 14.4. The van der Waals surface area contributed by atoms with Gasteiger partial charge in [0.1, 0.15) is 5.75 Å². The Labute approximate surface area is 227 Å². The average Bonchev–Trinajstić information content (AvgIpc) is 2.87. The summed E-state index contributed by atoms with van der Waals surface area (Å²) in [4.78, 5) is 14.6. The fourth-order valence-electron chi connectivity index (χ4n) is 4.19. The molecule has 0 amide bonds. The number of nitrogens with zero attached hydrogens (tertiary/aromatic N) is 4. The lowest BCUT2D eigenvalue weighted by atomic mass is 10.00. The summed E-state index contributed by atoms with van der Waals surface area (Å²) in [6, 6.07) is 13.8. The predicted octanol–water partition coefficient (Wildman–Crippen LogP) is 5.73. The Morgan fingerprint density at radius 1 is 1.08 bits per heavy atom. The van der Waals surface area contributed by atoms with E-state index in [-0.39, 0.29) is 0 Å². The summed E-state index contributed by atoms with van der Waals surface area (Å²) in [5, 5.41) is 11.2. The van der Waals surface area contributed by atoms with Crippen molar-refractivity contribution < 1.29 is 4.74 Å². The topological polar surface area (TPSA) is 89.4 Å². The molecular formula is C27H32ClN7OS. The molecule has 1 aromatic heterocycles. The molecule has 2 aromatic carbocycles. The average molecular weight is 538 g/mol. The maximum atomic E-state index is 7.60. The van der Waals surface area contributed by atoms with Crippen molar-refractivity contribution in [3.8, 4) is 22.9 Å². The SMILES string of the molecule is CN/C=C(\C=N)SNc1nc(Oc2ccc(N3CCN(C)CC3)c(Cl)c2)cc(-c2c(C)cccc2C)n1. The number of anilines is 2. The number of aryl methyl sites for hydroxylation is 2. The molecule has 4 rings (SSSR count). The quantitative estimate of drug-likeness (QED) is 0.235. The van der Waals surface area contributed by atoms with Crippen LogP contribution in [-0.4, -0.2) is 61.4 Å². The van der Waals surface area contributed by atoms with Crippen molar-refractivity contribution in [2.24, 2.45) is 0 Å². The maximum absolute atomic E-state index is 7.60. The van der Waals surface area contributed by atoms with Crippen molar-refractivity contribution in [3.05, 3.63) is 69.7 Å². The molecule has 3 aromatic rings. The van der Waals surface area contributed by atoms with E-state index in [9.17, 15) is 0 Å². The Bertz CT molecular complexity index is 1270. The summed E-state index contributed by atoms with van der Waals surface area (Å²) >= 11 is 7.92. The van der Waals surface area contributed by atoms with Gasteiger partial charge in [-0.2, -0.15) is 4.98 Å². The van der Waals surface area contributed by atoms with Gasteiger partial charge >= 0.3 is 0 Å². The van der Waals surface area contributed by atoms with E-state index in [0.717, 1.165) is 54.3 Å². The third-order valence-electron chi connectivity index (χ3n) is 6.11. The number of nitrogens with one attached hydrogen (secondary N) is 3. The van der Waals surface area contributed by atoms with Crippen LogP contribution >= 0.6 is 23.5 Å². The van der Waals surface area contributed by atoms with Crippen molar-refractivity contribution in [1.29, 1.82) is 5.41 Å². The molecule has 0 radical (unpaired) electrons. The zero-order valence-corrected chi connectivity index (χ0v) is 23.1. The zero-order valence-electron chi connectivity index (χ0n) is 21.5. The third kappa shape index (κ3) is 6.74. The predicted molar refractivity (Wildman–Crippen MR) is 155 cm³/mol. The molecule has 10 heteroatoms. The fraction of sp³-hybridized carbons (Fsp3) is 0.296. The lowest BCUT2D eigenvalue weighted by Crippen LogP contribution is -2.44. The van der Waals surface area contributed by atoms with E-state index in [1.807, 2.05) is 30.3 Å². The first-order valence-electron chi connectivity index (χ1n) is 12.0. The standard InChI is InChI=1S/C27H32ClN7OS/c1-18-6-5-7-19(2)26(18)23-15-25(32-27(31-23)33-37-21(16-29)17-30-3)36-20-8-9-24(22(28)14-20)35-12-10-34(4)11-13-35/h5-9,14-17,29-30H,10-13H2,1-4H3,(H,31,32,33)/b21-17+,29-16?. The van der Waals surface area contributed by atoms with Gasteiger partial charge in [0, 0.05) is 63.3 Å². The smallest absolute Gasteiger partial charge is 0.237 e. The first-order chi connectivity index (χ1) is 17.9. The van der Waals surface area contributed by atoms with Gasteiger partial charge in [0.25, 0.3) is 0 Å². The van der Waals surface area contributed by atoms with Crippen LogP contribution in [0.2, 0.25) is 5.02 Å². The number of hydrogen-bond acceptors (Lipinski definition) is 9. The van der Waals surface area contributed by atoms with E-state index in [4.69, 9.17) is 26.7 Å². The minimum absolute atomic E-state index is 0.379. The number of ether oxygens (including phenoxy) is 1. The van der Waals surface area contributed by atoms with Crippen LogP contribution in [0.25, 0.3) is 11.3 Å². The molecule has 0 saturated carbocycles. The highest BCUT2D eigenvalue weighted by Gasteiger charge is 2.18. The lowest BCUT2D eigenvalue weighted by Gasteiger charge is -2.34. The molecule has 194 valence electrons. The molecule has 0 spiro atoms. The molecule has 1 aliphatic rings. The summed E-state index contributed by atoms with van der Waals surface area (Å²) in [7, 11) is 3.92. The number of halogens is 1. The fourth-order valence-corrected chi connectivity index (χ4v) is 5.02. The second-order valence-corrected chi connectivity index (χ2v) is 10.2. The van der Waals surface area contributed by atoms with Gasteiger partial charge in [-0.3, -0.25) is 4.72 Å². The molecular weight excluding hydrogens is 506 g/mol. The molecule has 1 aliphatic heterocycles. The van der Waals surface area contributed by atoms with E-state index in [1.54, 1.807) is 13.2 Å². The Hall–Kier alpha value is -3.27. The van der Waals surface area contributed by atoms with Crippen LogP contribution in [0.3, 0.4) is 0 Å². The minimum atomic E-state index is 0.379. The molecule has 1 saturated heterocycles. The van der Waals surface area contributed by atoms with Crippen molar-refractivity contribution in [2.75, 3.05) is 49.9 Å². The summed E-state index contributed by atoms with van der Waals surface area (Å²) < 4.78 is 9.34. The number of piperazine rings is 1. The van der Waals surface area contributed by atoms with Crippen LogP contribution in [0, 0.1) is 19.3 Å². The zero-order chi connectivity index (χ0) is 26.4. The van der Waals surface area contributed by atoms with Crippen LogP contribution in [-0.2, 0) is 0 Å². The Balaban J connectivity index is 1.64. The van der Waals surface area contributed by atoms with Crippen LogP contribution < -0.4 is 19.7 Å². The highest BCUT2D eigenvalue weighted by atomic mass is 35.5. The first-order valence-corrected chi connectivity index (χ1v) is 13.2. The lowest BCUT2D eigenvalue weighted by molar-refractivity contribution is 0.313. The monoisotopic (exact) mass is 537 g/mol. The molecule has 0 aliphatic carbocycles. The van der Waals surface area contributed by atoms with Crippen molar-refractivity contribution in [1.82, 2.24) is 20.2 Å². The van der Waals surface area contributed by atoms with E-state index < -0.39 is 0 Å². The largest absolute Gasteiger partial charge is 0.439 e. The van der Waals surface area contributed by atoms with E-state index >= 15 is 0 Å². The number of aromatic nitrogens is 2. The van der Waals surface area contributed by atoms with Crippen molar-refractivity contribution >= 4 is 41.4 Å². The summed E-state index contributed by atoms with van der Waals surface area (Å²) in [6.45, 7) is 8.02. The molecule has 0 bridgehead atoms. The van der Waals surface area contributed by atoms with E-state index in [1.165, 1.54) is 18.2 Å². The number of likely N-dealkylation sites (N-methyl/N-ethyl adjacent to an activating group) is 1. The Morgan fingerprint density at radius 2 is 1.81 bits per heavy atom. The van der Waals surface area contributed by atoms with Gasteiger partial charge in [0.15, 0.2) is 0 Å². The van der Waals surface area contributed by atoms with Gasteiger partial charge in [-0.1, -0.05) is 29.8 Å². The van der Waals surface area contributed by atoms with Gasteiger partial charge in [-0.15, -0.1) is 0 Å². The number of hydrogen-bond donors (Lipinski definition) is 3. The van der Waals surface area contributed by atoms with Crippen LogP contribution in [0.5, 0.6) is 11.6 Å². The third-order valence-corrected chi connectivity index (χ3v) is 7.17. The van der Waals surface area contributed by atoms with Crippen LogP contribution in [0.15, 0.2) is 53.6 Å². The molecule has 2 heterocycles. The molecule has 0 unspecified atom stereocenters. The summed E-state index contributed by atoms with van der Waals surface area (Å²) in [6.07, 6.45) is 2.98. The van der Waals surface area contributed by atoms with Crippen molar-refractivity contribution in [2.45, 2.75) is 13.8 Å². The Morgan fingerprint density at radius 3 is 2.46 bits per heavy atom. The highest BCUT2D eigenvalue weighted by molar-refractivity contribution is 8.05. The molecule has 37 heavy (non-hydrogen) atoms. The minimum Gasteiger partial charge on any atom is -0.439 e. The molecule has 0 atom stereocenters. The molecule has 8 nitrogen and oxygen atoms in total. The second kappa shape index (κ2) is 12.3. The van der Waals surface area contributed by atoms with Gasteiger partial charge in [0.2, 0.25) is 11.8 Å². The van der Waals surface area contributed by atoms with E-state index in [2.05, 4.69) is 57.9 Å². The van der Waals surface area contributed by atoms with Crippen molar-refractivity contribution in [3.63, 3.8) is 0 Å². The number of benzene rings is 2. The van der Waals surface area contributed by atoms with Gasteiger partial charge in [-0.05, 0) is 56.1 Å². The van der Waals surface area contributed by atoms with E-state index in [0.29, 0.717) is 27.5 Å². The summed E-state index contributed by atoms with van der Waals surface area (Å²) in [5.41, 5.74) is 5.01. The van der Waals surface area contributed by atoms with Gasteiger partial charge in [0.05, 0.1) is 21.3 Å². The van der Waals surface area contributed by atoms with Crippen LogP contribution in [0.1, 0.15) is 11.1 Å². The van der Waals surface area contributed by atoms with Gasteiger partial charge in [-0.25, -0.2) is 4.98 Å². The number of rotatable bonds is 9. The number of allylic oxidation sites excluding steroid dienone is 1. The maximum Gasteiger partial charge on any atom is 0.237 e. The highest BCUT2D eigenvalue weighted by Crippen LogP contribution is 2.34. The Kier molecular flexibility index (Phi) is 8.91. The molecule has 3 N–H and O–H groups in total. The second-order valence-electron chi connectivity index (χ2n) is 8.87. The first kappa shape index (κ1) is 26.8.